The number of hydrogen-bond acceptors (Lipinski definition) is 3. The summed E-state index contributed by atoms with van der Waals surface area (Å²) in [5, 5.41) is 0. The Bertz CT molecular complexity index is 228. The first kappa shape index (κ1) is 13.8. The minimum Gasteiger partial charge on any atom is -0.432 e. The first-order chi connectivity index (χ1) is 7.16. The van der Waals surface area contributed by atoms with Crippen molar-refractivity contribution in [3.05, 3.63) is 24.1 Å². The van der Waals surface area contributed by atoms with Crippen LogP contribution in [-0.2, 0) is 9.53 Å². The predicted octanol–water partition coefficient (Wildman–Crippen LogP) is 2.88. The summed E-state index contributed by atoms with van der Waals surface area (Å²) in [6.45, 7) is 3.83. The molecule has 0 saturated carbocycles. The highest BCUT2D eigenvalue weighted by Crippen LogP contribution is 2.02. The smallest absolute Gasteiger partial charge is 0.337 e. The molecule has 0 radical (unpaired) electrons. The SMILES string of the molecule is CCCCCCC=COC(=O)/C=C(/C)N. The van der Waals surface area contributed by atoms with Crippen molar-refractivity contribution in [2.75, 3.05) is 0 Å². The molecule has 2 N–H and O–H groups in total. The van der Waals surface area contributed by atoms with Crippen LogP contribution in [0.15, 0.2) is 24.1 Å². The van der Waals surface area contributed by atoms with Crippen LogP contribution in [0.5, 0.6) is 0 Å². The van der Waals surface area contributed by atoms with Crippen molar-refractivity contribution in [3.63, 3.8) is 0 Å². The Morgan fingerprint density at radius 3 is 2.67 bits per heavy atom. The van der Waals surface area contributed by atoms with Crippen LogP contribution >= 0.6 is 0 Å². The number of rotatable bonds is 7. The van der Waals surface area contributed by atoms with E-state index in [1.807, 2.05) is 6.08 Å². The van der Waals surface area contributed by atoms with Crippen molar-refractivity contribution in [2.24, 2.45) is 5.73 Å². The highest BCUT2D eigenvalue weighted by molar-refractivity contribution is 5.82. The van der Waals surface area contributed by atoms with Crippen LogP contribution in [0.2, 0.25) is 0 Å². The van der Waals surface area contributed by atoms with Gasteiger partial charge in [-0.15, -0.1) is 0 Å². The molecule has 0 atom stereocenters. The molecule has 0 amide bonds. The number of hydrogen-bond donors (Lipinski definition) is 1. The normalized spacial score (nSPS) is 12.0. The van der Waals surface area contributed by atoms with E-state index in [9.17, 15) is 4.79 Å². The number of carbonyl (C=O) groups is 1. The van der Waals surface area contributed by atoms with Gasteiger partial charge in [0, 0.05) is 11.8 Å². The van der Waals surface area contributed by atoms with E-state index in [1.54, 1.807) is 6.92 Å². The van der Waals surface area contributed by atoms with Crippen molar-refractivity contribution >= 4 is 5.97 Å². The van der Waals surface area contributed by atoms with Crippen molar-refractivity contribution in [1.29, 1.82) is 0 Å². The van der Waals surface area contributed by atoms with Crippen LogP contribution in [0.25, 0.3) is 0 Å². The van der Waals surface area contributed by atoms with Gasteiger partial charge < -0.3 is 10.5 Å². The molecule has 15 heavy (non-hydrogen) atoms. The molecular formula is C12H21NO2. The molecule has 0 aromatic rings. The molecule has 0 saturated heterocycles. The molecular weight excluding hydrogens is 190 g/mol. The molecule has 0 aliphatic rings. The number of nitrogens with two attached hydrogens (primary N) is 1. The van der Waals surface area contributed by atoms with Crippen LogP contribution in [0, 0.1) is 0 Å². The Labute approximate surface area is 92.0 Å². The maximum atomic E-state index is 11.0. The van der Waals surface area contributed by atoms with Gasteiger partial charge in [-0.25, -0.2) is 4.79 Å². The number of ether oxygens (including phenoxy) is 1. The quantitative estimate of drug-likeness (QED) is 0.305. The second-order valence-corrected chi connectivity index (χ2v) is 3.55. The van der Waals surface area contributed by atoms with Crippen LogP contribution in [0.3, 0.4) is 0 Å². The van der Waals surface area contributed by atoms with Gasteiger partial charge in [-0.3, -0.25) is 0 Å². The average Bonchev–Trinajstić information content (AvgIpc) is 2.15. The van der Waals surface area contributed by atoms with Gasteiger partial charge in [0.1, 0.15) is 0 Å². The van der Waals surface area contributed by atoms with E-state index in [1.165, 1.54) is 31.6 Å². The summed E-state index contributed by atoms with van der Waals surface area (Å²) < 4.78 is 4.78. The lowest BCUT2D eigenvalue weighted by Crippen LogP contribution is -1.99. The summed E-state index contributed by atoms with van der Waals surface area (Å²) in [7, 11) is 0. The third-order valence-electron chi connectivity index (χ3n) is 1.85. The standard InChI is InChI=1S/C12H21NO2/c1-3-4-5-6-7-8-9-15-12(14)10-11(2)13/h8-10H,3-7,13H2,1-2H3/b9-8?,11-10-. The Morgan fingerprint density at radius 1 is 1.33 bits per heavy atom. The summed E-state index contributed by atoms with van der Waals surface area (Å²) >= 11 is 0. The van der Waals surface area contributed by atoms with Gasteiger partial charge in [-0.1, -0.05) is 26.2 Å². The molecule has 0 aromatic carbocycles. The van der Waals surface area contributed by atoms with E-state index in [0.717, 1.165) is 12.8 Å². The lowest BCUT2D eigenvalue weighted by molar-refractivity contribution is -0.132. The van der Waals surface area contributed by atoms with Crippen LogP contribution < -0.4 is 5.73 Å². The van der Waals surface area contributed by atoms with Crippen LogP contribution in [0.1, 0.15) is 46.0 Å². The van der Waals surface area contributed by atoms with Gasteiger partial charge in [0.15, 0.2) is 0 Å². The first-order valence-corrected chi connectivity index (χ1v) is 5.46. The molecule has 0 heterocycles. The molecule has 3 heteroatoms. The fraction of sp³-hybridized carbons (Fsp3) is 0.583. The summed E-state index contributed by atoms with van der Waals surface area (Å²) in [6, 6.07) is 0. The summed E-state index contributed by atoms with van der Waals surface area (Å²) in [6.07, 6.45) is 10.4. The molecule has 0 unspecified atom stereocenters. The first-order valence-electron chi connectivity index (χ1n) is 5.46. The van der Waals surface area contributed by atoms with E-state index in [4.69, 9.17) is 10.5 Å². The predicted molar refractivity (Wildman–Crippen MR) is 61.9 cm³/mol. The lowest BCUT2D eigenvalue weighted by atomic mass is 10.1. The second-order valence-electron chi connectivity index (χ2n) is 3.55. The number of carbonyl (C=O) groups excluding carboxylic acids is 1. The van der Waals surface area contributed by atoms with E-state index in [-0.39, 0.29) is 0 Å². The third kappa shape index (κ3) is 10.7. The molecule has 0 fully saturated rings. The Balaban J connectivity index is 3.46. The molecule has 0 aromatic heterocycles. The fourth-order valence-electron chi connectivity index (χ4n) is 1.09. The van der Waals surface area contributed by atoms with Gasteiger partial charge in [0.25, 0.3) is 0 Å². The van der Waals surface area contributed by atoms with Gasteiger partial charge in [-0.05, 0) is 25.8 Å². The average molecular weight is 211 g/mol. The monoisotopic (exact) mass is 211 g/mol. The van der Waals surface area contributed by atoms with Gasteiger partial charge in [0.2, 0.25) is 0 Å². The topological polar surface area (TPSA) is 52.3 Å². The zero-order chi connectivity index (χ0) is 11.5. The van der Waals surface area contributed by atoms with Crippen molar-refractivity contribution in [2.45, 2.75) is 46.0 Å². The maximum Gasteiger partial charge on any atom is 0.337 e. The summed E-state index contributed by atoms with van der Waals surface area (Å²) in [5.41, 5.74) is 5.77. The maximum absolute atomic E-state index is 11.0. The molecule has 0 bridgehead atoms. The van der Waals surface area contributed by atoms with Crippen molar-refractivity contribution in [3.8, 4) is 0 Å². The lowest BCUT2D eigenvalue weighted by Gasteiger charge is -1.95. The molecule has 86 valence electrons. The molecule has 3 nitrogen and oxygen atoms in total. The molecule has 0 spiro atoms. The molecule has 0 rings (SSSR count). The zero-order valence-electron chi connectivity index (χ0n) is 9.66. The largest absolute Gasteiger partial charge is 0.432 e. The Kier molecular flexibility index (Phi) is 8.53. The van der Waals surface area contributed by atoms with E-state index >= 15 is 0 Å². The highest BCUT2D eigenvalue weighted by atomic mass is 16.5. The van der Waals surface area contributed by atoms with E-state index in [2.05, 4.69) is 6.92 Å². The van der Waals surface area contributed by atoms with Gasteiger partial charge in [0.05, 0.1) is 6.26 Å². The zero-order valence-corrected chi connectivity index (χ0v) is 9.66. The second kappa shape index (κ2) is 9.31. The Hall–Kier alpha value is -1.25. The minimum atomic E-state index is -0.417. The number of esters is 1. The van der Waals surface area contributed by atoms with Crippen LogP contribution in [-0.4, -0.2) is 5.97 Å². The van der Waals surface area contributed by atoms with Gasteiger partial charge in [-0.2, -0.15) is 0 Å². The molecule has 0 aliphatic heterocycles. The van der Waals surface area contributed by atoms with Crippen molar-refractivity contribution < 1.29 is 9.53 Å². The Morgan fingerprint density at radius 2 is 2.07 bits per heavy atom. The van der Waals surface area contributed by atoms with Crippen LogP contribution in [0.4, 0.5) is 0 Å². The third-order valence-corrected chi connectivity index (χ3v) is 1.85. The van der Waals surface area contributed by atoms with Crippen molar-refractivity contribution in [1.82, 2.24) is 0 Å². The van der Waals surface area contributed by atoms with Gasteiger partial charge >= 0.3 is 5.97 Å². The fourth-order valence-corrected chi connectivity index (χ4v) is 1.09. The molecule has 0 aliphatic carbocycles. The van der Waals surface area contributed by atoms with E-state index < -0.39 is 5.97 Å². The summed E-state index contributed by atoms with van der Waals surface area (Å²) in [5.74, 6) is -0.417. The number of unbranched alkanes of at least 4 members (excludes halogenated alkanes) is 4. The summed E-state index contributed by atoms with van der Waals surface area (Å²) in [4.78, 5) is 11.0. The number of allylic oxidation sites excluding steroid dienone is 2. The minimum absolute atomic E-state index is 0.417. The highest BCUT2D eigenvalue weighted by Gasteiger charge is 1.93. The van der Waals surface area contributed by atoms with E-state index in [0.29, 0.717) is 5.70 Å².